The fraction of sp³-hybridized carbons (Fsp3) is 0.643. The Morgan fingerprint density at radius 3 is 1.90 bits per heavy atom. The van der Waals surface area contributed by atoms with E-state index in [1.165, 1.54) is 41.0 Å². The van der Waals surface area contributed by atoms with Crippen molar-refractivity contribution in [3.63, 3.8) is 0 Å². The molecule has 2 heteroatoms. The molecular formula is C28H46N2. The van der Waals surface area contributed by atoms with Crippen LogP contribution in [0.25, 0.3) is 0 Å². The quantitative estimate of drug-likeness (QED) is 0.369. The van der Waals surface area contributed by atoms with Gasteiger partial charge in [-0.05, 0) is 71.6 Å². The van der Waals surface area contributed by atoms with Crippen molar-refractivity contribution in [3.05, 3.63) is 58.0 Å². The Kier molecular flexibility index (Phi) is 9.52. The summed E-state index contributed by atoms with van der Waals surface area (Å²) in [4.78, 5) is 0. The second-order valence-corrected chi connectivity index (χ2v) is 10.1. The number of rotatable bonds is 10. The van der Waals surface area contributed by atoms with Crippen LogP contribution in [-0.2, 0) is 0 Å². The Bertz CT molecular complexity index is 724. The largest absolute Gasteiger partial charge is 0.385 e. The molecule has 2 rings (SSSR count). The van der Waals surface area contributed by atoms with Gasteiger partial charge < -0.3 is 10.6 Å². The molecule has 0 aromatic heterocycles. The van der Waals surface area contributed by atoms with Crippen molar-refractivity contribution < 1.29 is 0 Å². The molecule has 30 heavy (non-hydrogen) atoms. The van der Waals surface area contributed by atoms with Crippen LogP contribution in [0.1, 0.15) is 81.1 Å². The summed E-state index contributed by atoms with van der Waals surface area (Å²) >= 11 is 0. The highest BCUT2D eigenvalue weighted by molar-refractivity contribution is 5.43. The van der Waals surface area contributed by atoms with Gasteiger partial charge in [0.25, 0.3) is 0 Å². The molecule has 2 aliphatic carbocycles. The summed E-state index contributed by atoms with van der Waals surface area (Å²) in [5, 5.41) is 7.65. The first-order valence-electron chi connectivity index (χ1n) is 12.3. The smallest absolute Gasteiger partial charge is 0.0407 e. The molecule has 2 N–H and O–H groups in total. The monoisotopic (exact) mass is 410 g/mol. The van der Waals surface area contributed by atoms with E-state index in [9.17, 15) is 0 Å². The van der Waals surface area contributed by atoms with E-state index in [-0.39, 0.29) is 0 Å². The van der Waals surface area contributed by atoms with Crippen LogP contribution in [0.4, 0.5) is 0 Å². The summed E-state index contributed by atoms with van der Waals surface area (Å²) < 4.78 is 0. The van der Waals surface area contributed by atoms with Crippen LogP contribution in [0, 0.1) is 23.7 Å². The molecule has 0 aliphatic heterocycles. The lowest BCUT2D eigenvalue weighted by molar-refractivity contribution is 0.607. The first kappa shape index (κ1) is 24.6. The Balaban J connectivity index is 2.03. The lowest BCUT2D eigenvalue weighted by atomic mass is 9.84. The molecule has 0 atom stereocenters. The highest BCUT2D eigenvalue weighted by atomic mass is 14.9. The molecule has 0 heterocycles. The lowest BCUT2D eigenvalue weighted by Crippen LogP contribution is -2.27. The first-order valence-corrected chi connectivity index (χ1v) is 12.3. The topological polar surface area (TPSA) is 24.1 Å². The van der Waals surface area contributed by atoms with Crippen molar-refractivity contribution in [2.24, 2.45) is 23.7 Å². The van der Waals surface area contributed by atoms with E-state index < -0.39 is 0 Å². The molecule has 0 saturated carbocycles. The Labute approximate surface area is 186 Å². The minimum atomic E-state index is 0.529. The van der Waals surface area contributed by atoms with Crippen LogP contribution < -0.4 is 10.6 Å². The molecule has 2 nitrogen and oxygen atoms in total. The van der Waals surface area contributed by atoms with E-state index in [4.69, 9.17) is 0 Å². The van der Waals surface area contributed by atoms with Gasteiger partial charge in [0, 0.05) is 24.5 Å². The maximum atomic E-state index is 3.83. The fourth-order valence-electron chi connectivity index (χ4n) is 4.58. The molecule has 168 valence electrons. The molecular weight excluding hydrogens is 364 g/mol. The fourth-order valence-corrected chi connectivity index (χ4v) is 4.58. The summed E-state index contributed by atoms with van der Waals surface area (Å²) in [5.41, 5.74) is 8.85. The third kappa shape index (κ3) is 6.40. The SMILES string of the molecule is CC(C)C1=CCC=CC(C(C)C)=C1NCCCNC1=C(C(C)C)CCC=C1C(C)C. The summed E-state index contributed by atoms with van der Waals surface area (Å²) in [6.45, 7) is 20.5. The van der Waals surface area contributed by atoms with Crippen molar-refractivity contribution in [1.29, 1.82) is 0 Å². The molecule has 0 aromatic rings. The van der Waals surface area contributed by atoms with Gasteiger partial charge in [-0.25, -0.2) is 0 Å². The maximum absolute atomic E-state index is 3.83. The second-order valence-electron chi connectivity index (χ2n) is 10.1. The zero-order valence-electron chi connectivity index (χ0n) is 20.9. The highest BCUT2D eigenvalue weighted by Crippen LogP contribution is 2.32. The Morgan fingerprint density at radius 1 is 0.733 bits per heavy atom. The van der Waals surface area contributed by atoms with Crippen molar-refractivity contribution in [1.82, 2.24) is 10.6 Å². The zero-order chi connectivity index (χ0) is 22.3. The van der Waals surface area contributed by atoms with Crippen LogP contribution in [0.2, 0.25) is 0 Å². The molecule has 2 aliphatic rings. The first-order chi connectivity index (χ1) is 14.2. The summed E-state index contributed by atoms with van der Waals surface area (Å²) in [7, 11) is 0. The van der Waals surface area contributed by atoms with Gasteiger partial charge in [-0.3, -0.25) is 0 Å². The van der Waals surface area contributed by atoms with E-state index in [0.717, 1.165) is 25.9 Å². The molecule has 0 amide bonds. The normalized spacial score (nSPS) is 17.9. The number of hydrogen-bond acceptors (Lipinski definition) is 2. The summed E-state index contributed by atoms with van der Waals surface area (Å²) in [6, 6.07) is 0. The average molecular weight is 411 g/mol. The van der Waals surface area contributed by atoms with E-state index in [0.29, 0.717) is 23.7 Å². The summed E-state index contributed by atoms with van der Waals surface area (Å²) in [5.74, 6) is 2.26. The third-order valence-corrected chi connectivity index (χ3v) is 6.26. The van der Waals surface area contributed by atoms with Crippen molar-refractivity contribution in [2.45, 2.75) is 81.1 Å². The van der Waals surface area contributed by atoms with Crippen LogP contribution in [0.15, 0.2) is 58.0 Å². The van der Waals surface area contributed by atoms with Crippen LogP contribution >= 0.6 is 0 Å². The molecule has 0 radical (unpaired) electrons. The predicted molar refractivity (Wildman–Crippen MR) is 133 cm³/mol. The van der Waals surface area contributed by atoms with Crippen molar-refractivity contribution in [3.8, 4) is 0 Å². The molecule has 0 bridgehead atoms. The van der Waals surface area contributed by atoms with E-state index in [1.807, 2.05) is 0 Å². The zero-order valence-corrected chi connectivity index (χ0v) is 20.9. The van der Waals surface area contributed by atoms with E-state index in [1.54, 1.807) is 5.57 Å². The molecule has 0 spiro atoms. The number of allylic oxidation sites excluding steroid dienone is 8. The third-order valence-electron chi connectivity index (χ3n) is 6.26. The van der Waals surface area contributed by atoms with Gasteiger partial charge in [0.1, 0.15) is 0 Å². The van der Waals surface area contributed by atoms with Gasteiger partial charge in [0.05, 0.1) is 0 Å². The lowest BCUT2D eigenvalue weighted by Gasteiger charge is -2.28. The van der Waals surface area contributed by atoms with Gasteiger partial charge in [-0.15, -0.1) is 0 Å². The van der Waals surface area contributed by atoms with Crippen LogP contribution in [0.5, 0.6) is 0 Å². The van der Waals surface area contributed by atoms with Gasteiger partial charge in [-0.2, -0.15) is 0 Å². The summed E-state index contributed by atoms with van der Waals surface area (Å²) in [6.07, 6.45) is 14.0. The van der Waals surface area contributed by atoms with E-state index >= 15 is 0 Å². The molecule has 0 fully saturated rings. The van der Waals surface area contributed by atoms with Crippen molar-refractivity contribution >= 4 is 0 Å². The molecule has 0 saturated heterocycles. The number of hydrogen-bond donors (Lipinski definition) is 2. The standard InChI is InChI=1S/C28H46N2/c1-19(2)23-13-9-10-14-24(20(3)4)27(23)29-17-12-18-30-28-25(21(5)6)15-11-16-26(28)22(7)8/h9,13-15,19-22,29-30H,10-12,16-18H2,1-8H3. The van der Waals surface area contributed by atoms with Crippen LogP contribution in [-0.4, -0.2) is 13.1 Å². The molecule has 0 unspecified atom stereocenters. The van der Waals surface area contributed by atoms with Gasteiger partial charge >= 0.3 is 0 Å². The maximum Gasteiger partial charge on any atom is 0.0407 e. The minimum Gasteiger partial charge on any atom is -0.385 e. The van der Waals surface area contributed by atoms with E-state index in [2.05, 4.69) is 90.3 Å². The van der Waals surface area contributed by atoms with Gasteiger partial charge in [-0.1, -0.05) is 79.7 Å². The van der Waals surface area contributed by atoms with Gasteiger partial charge in [0.15, 0.2) is 0 Å². The number of nitrogens with one attached hydrogen (secondary N) is 2. The Morgan fingerprint density at radius 2 is 1.33 bits per heavy atom. The predicted octanol–water partition coefficient (Wildman–Crippen LogP) is 7.29. The second kappa shape index (κ2) is 11.6. The minimum absolute atomic E-state index is 0.529. The average Bonchev–Trinajstić information content (AvgIpc) is 2.90. The molecule has 0 aromatic carbocycles. The van der Waals surface area contributed by atoms with Crippen LogP contribution in [0.3, 0.4) is 0 Å². The highest BCUT2D eigenvalue weighted by Gasteiger charge is 2.20. The Hall–Kier alpha value is -1.70. The van der Waals surface area contributed by atoms with Crippen molar-refractivity contribution in [2.75, 3.05) is 13.1 Å². The van der Waals surface area contributed by atoms with Gasteiger partial charge in [0.2, 0.25) is 0 Å².